The van der Waals surface area contributed by atoms with Gasteiger partial charge in [-0.25, -0.2) is 0 Å². The highest BCUT2D eigenvalue weighted by molar-refractivity contribution is 6.45. The minimum absolute atomic E-state index is 0.405. The normalized spacial score (nSPS) is 10.7. The van der Waals surface area contributed by atoms with Gasteiger partial charge in [0.1, 0.15) is 4.84 Å². The van der Waals surface area contributed by atoms with Crippen molar-refractivity contribution in [1.29, 1.82) is 0 Å². The van der Waals surface area contributed by atoms with E-state index in [1.807, 2.05) is 0 Å². The van der Waals surface area contributed by atoms with Crippen LogP contribution in [0.15, 0.2) is 24.8 Å². The second-order valence-corrected chi connectivity index (χ2v) is 2.12. The van der Waals surface area contributed by atoms with Crippen LogP contribution in [0.25, 0.3) is 0 Å². The summed E-state index contributed by atoms with van der Waals surface area (Å²) in [7, 11) is 0. The second-order valence-electron chi connectivity index (χ2n) is 0.955. The fraction of sp³-hybridized carbons (Fsp3) is 0.200. The first kappa shape index (κ1) is 7.06. The summed E-state index contributed by atoms with van der Waals surface area (Å²) < 4.78 is 0. The first-order valence-electron chi connectivity index (χ1n) is 1.84. The molecule has 0 aliphatic rings. The highest BCUT2D eigenvalue weighted by Gasteiger charge is 1.83. The summed E-state index contributed by atoms with van der Waals surface area (Å²) in [6, 6.07) is 0. The molecule has 40 valence electrons. The zero-order valence-electron chi connectivity index (χ0n) is 3.77. The quantitative estimate of drug-likeness (QED) is 0.405. The van der Waals surface area contributed by atoms with Gasteiger partial charge in [0.2, 0.25) is 0 Å². The lowest BCUT2D eigenvalue weighted by Crippen LogP contribution is -1.72. The summed E-state index contributed by atoms with van der Waals surface area (Å²) in [5, 5.41) is 0. The zero-order valence-corrected chi connectivity index (χ0v) is 5.28. The molecule has 0 nitrogen and oxygen atoms in total. The number of alkyl halides is 2. The maximum absolute atomic E-state index is 5.29. The van der Waals surface area contributed by atoms with E-state index in [9.17, 15) is 0 Å². The molecule has 2 heteroatoms. The van der Waals surface area contributed by atoms with Crippen LogP contribution in [0.3, 0.4) is 0 Å². The smallest absolute Gasteiger partial charge is 0.101 e. The predicted octanol–water partition coefficient (Wildman–Crippen LogP) is 2.53. The molecule has 7 heavy (non-hydrogen) atoms. The Morgan fingerprint density at radius 3 is 2.14 bits per heavy atom. The molecule has 0 bridgehead atoms. The highest BCUT2D eigenvalue weighted by Crippen LogP contribution is 2.01. The largest absolute Gasteiger partial charge is 0.126 e. The van der Waals surface area contributed by atoms with Crippen LogP contribution in [0.4, 0.5) is 0 Å². The van der Waals surface area contributed by atoms with E-state index in [1.165, 1.54) is 0 Å². The Hall–Kier alpha value is 0.0600. The predicted molar refractivity (Wildman–Crippen MR) is 34.8 cm³/mol. The van der Waals surface area contributed by atoms with Crippen molar-refractivity contribution in [3.8, 4) is 0 Å². The van der Waals surface area contributed by atoms with Crippen molar-refractivity contribution < 1.29 is 0 Å². The maximum atomic E-state index is 5.29. The third-order valence-electron chi connectivity index (χ3n) is 0.393. The van der Waals surface area contributed by atoms with Crippen LogP contribution in [-0.2, 0) is 0 Å². The van der Waals surface area contributed by atoms with Crippen molar-refractivity contribution >= 4 is 23.2 Å². The Morgan fingerprint density at radius 2 is 2.00 bits per heavy atom. The van der Waals surface area contributed by atoms with Gasteiger partial charge in [0.25, 0.3) is 0 Å². The van der Waals surface area contributed by atoms with Gasteiger partial charge in [0.15, 0.2) is 0 Å². The van der Waals surface area contributed by atoms with Gasteiger partial charge in [0.05, 0.1) is 0 Å². The number of hydrogen-bond donors (Lipinski definition) is 0. The van der Waals surface area contributed by atoms with Crippen molar-refractivity contribution in [1.82, 2.24) is 0 Å². The fourth-order valence-corrected chi connectivity index (χ4v) is 0.331. The zero-order chi connectivity index (χ0) is 5.70. The van der Waals surface area contributed by atoms with Crippen molar-refractivity contribution in [2.75, 3.05) is 0 Å². The number of rotatable bonds is 2. The molecule has 0 radical (unpaired) electrons. The molecule has 0 saturated heterocycles. The molecule has 0 aliphatic heterocycles. The lowest BCUT2D eigenvalue weighted by molar-refractivity contribution is 1.61. The summed E-state index contributed by atoms with van der Waals surface area (Å²) in [6.07, 6.45) is 4.96. The van der Waals surface area contributed by atoms with Crippen LogP contribution in [0, 0.1) is 0 Å². The molecule has 0 spiro atoms. The van der Waals surface area contributed by atoms with Crippen LogP contribution >= 0.6 is 23.2 Å². The van der Waals surface area contributed by atoms with Crippen molar-refractivity contribution in [3.05, 3.63) is 24.8 Å². The van der Waals surface area contributed by atoms with Crippen LogP contribution in [0.2, 0.25) is 0 Å². The van der Waals surface area contributed by atoms with Crippen LogP contribution < -0.4 is 0 Å². The Balaban J connectivity index is 3.25. The van der Waals surface area contributed by atoms with Gasteiger partial charge in [-0.1, -0.05) is 24.8 Å². The van der Waals surface area contributed by atoms with Gasteiger partial charge in [-0.3, -0.25) is 0 Å². The van der Waals surface area contributed by atoms with Crippen molar-refractivity contribution in [2.45, 2.75) is 4.84 Å². The van der Waals surface area contributed by atoms with Crippen molar-refractivity contribution in [2.24, 2.45) is 0 Å². The first-order chi connectivity index (χ1) is 3.27. The van der Waals surface area contributed by atoms with Crippen LogP contribution in [-0.4, -0.2) is 4.84 Å². The molecule has 0 aromatic rings. The molecule has 0 N–H and O–H groups in total. The van der Waals surface area contributed by atoms with Gasteiger partial charge in [-0.05, 0) is 0 Å². The van der Waals surface area contributed by atoms with E-state index in [0.29, 0.717) is 0 Å². The van der Waals surface area contributed by atoms with E-state index >= 15 is 0 Å². The number of halogens is 2. The van der Waals surface area contributed by atoms with Gasteiger partial charge < -0.3 is 0 Å². The average Bonchev–Trinajstić information content (AvgIpc) is 1.61. The van der Waals surface area contributed by atoms with E-state index in [1.54, 1.807) is 18.2 Å². The van der Waals surface area contributed by atoms with E-state index in [2.05, 4.69) is 6.58 Å². The highest BCUT2D eigenvalue weighted by atomic mass is 35.5. The molecule has 0 heterocycles. The van der Waals surface area contributed by atoms with Gasteiger partial charge in [-0.2, -0.15) is 0 Å². The molecule has 0 aromatic carbocycles. The summed E-state index contributed by atoms with van der Waals surface area (Å²) in [6.45, 7) is 3.43. The Labute approximate surface area is 53.4 Å². The molecule has 0 fully saturated rings. The maximum Gasteiger partial charge on any atom is 0.126 e. The average molecular weight is 137 g/mol. The molecule has 0 aromatic heterocycles. The van der Waals surface area contributed by atoms with Crippen LogP contribution in [0.5, 0.6) is 0 Å². The Morgan fingerprint density at radius 1 is 1.43 bits per heavy atom. The third kappa shape index (κ3) is 6.06. The van der Waals surface area contributed by atoms with Gasteiger partial charge in [-0.15, -0.1) is 23.2 Å². The minimum atomic E-state index is -0.405. The number of allylic oxidation sites excluding steroid dienone is 3. The molecular weight excluding hydrogens is 131 g/mol. The molecule has 0 unspecified atom stereocenters. The molecule has 0 amide bonds. The summed E-state index contributed by atoms with van der Waals surface area (Å²) in [5.74, 6) is 0. The minimum Gasteiger partial charge on any atom is -0.101 e. The topological polar surface area (TPSA) is 0 Å². The SMILES string of the molecule is C=CC=CC(Cl)Cl. The molecule has 0 rings (SSSR count). The first-order valence-corrected chi connectivity index (χ1v) is 2.72. The molecule has 0 aliphatic carbocycles. The monoisotopic (exact) mass is 136 g/mol. The van der Waals surface area contributed by atoms with Crippen LogP contribution in [0.1, 0.15) is 0 Å². The van der Waals surface area contributed by atoms with Gasteiger partial charge in [0, 0.05) is 0 Å². The molecular formula is C5H6Cl2. The van der Waals surface area contributed by atoms with Crippen molar-refractivity contribution in [3.63, 3.8) is 0 Å². The standard InChI is InChI=1S/C5H6Cl2/c1-2-3-4-5(6)7/h2-5H,1H2. The number of hydrogen-bond acceptors (Lipinski definition) is 0. The Kier molecular flexibility index (Phi) is 4.26. The summed E-state index contributed by atoms with van der Waals surface area (Å²) in [4.78, 5) is -0.405. The van der Waals surface area contributed by atoms with E-state index < -0.39 is 4.84 Å². The summed E-state index contributed by atoms with van der Waals surface area (Å²) >= 11 is 10.6. The van der Waals surface area contributed by atoms with E-state index in [4.69, 9.17) is 23.2 Å². The van der Waals surface area contributed by atoms with Gasteiger partial charge >= 0.3 is 0 Å². The lowest BCUT2D eigenvalue weighted by Gasteiger charge is -1.81. The lowest BCUT2D eigenvalue weighted by atomic mass is 10.5. The Bertz CT molecular complexity index is 74.1. The molecule has 0 atom stereocenters. The third-order valence-corrected chi connectivity index (χ3v) is 0.684. The summed E-state index contributed by atoms with van der Waals surface area (Å²) in [5.41, 5.74) is 0. The second kappa shape index (κ2) is 4.23. The van der Waals surface area contributed by atoms with E-state index in [0.717, 1.165) is 0 Å². The van der Waals surface area contributed by atoms with E-state index in [-0.39, 0.29) is 0 Å². The fourth-order valence-electron chi connectivity index (χ4n) is 0.163. The molecule has 0 saturated carbocycles.